The lowest BCUT2D eigenvalue weighted by Crippen LogP contribution is -2.23. The van der Waals surface area contributed by atoms with Crippen molar-refractivity contribution >= 4 is 29.0 Å². The molecule has 7 nitrogen and oxygen atoms in total. The minimum atomic E-state index is -0.198. The second kappa shape index (κ2) is 8.57. The molecule has 2 aromatic heterocycles. The highest BCUT2D eigenvalue weighted by Crippen LogP contribution is 2.19. The second-order valence-electron chi connectivity index (χ2n) is 5.86. The van der Waals surface area contributed by atoms with Gasteiger partial charge in [-0.25, -0.2) is 4.98 Å². The van der Waals surface area contributed by atoms with E-state index in [1.807, 2.05) is 24.3 Å². The fourth-order valence-electron chi connectivity index (χ4n) is 2.45. The first-order chi connectivity index (χ1) is 13.1. The molecule has 0 aliphatic carbocycles. The minimum Gasteiger partial charge on any atom is -0.348 e. The van der Waals surface area contributed by atoms with Crippen molar-refractivity contribution in [1.82, 2.24) is 15.3 Å². The van der Waals surface area contributed by atoms with Crippen LogP contribution in [0.4, 0.5) is 17.2 Å². The number of carbonyl (C=O) groups is 2. The summed E-state index contributed by atoms with van der Waals surface area (Å²) in [6, 6.07) is 14.3. The smallest absolute Gasteiger partial charge is 0.251 e. The molecular formula is C20H19N5O2. The van der Waals surface area contributed by atoms with Gasteiger partial charge in [0.05, 0.1) is 0 Å². The lowest BCUT2D eigenvalue weighted by Gasteiger charge is -2.10. The van der Waals surface area contributed by atoms with Crippen LogP contribution in [0.3, 0.4) is 0 Å². The molecule has 0 aliphatic heterocycles. The predicted octanol–water partition coefficient (Wildman–Crippen LogP) is 3.11. The number of amides is 2. The molecule has 0 spiro atoms. The van der Waals surface area contributed by atoms with E-state index < -0.39 is 0 Å². The van der Waals surface area contributed by atoms with E-state index in [0.717, 1.165) is 11.3 Å². The van der Waals surface area contributed by atoms with E-state index in [9.17, 15) is 9.59 Å². The third-order valence-electron chi connectivity index (χ3n) is 3.65. The van der Waals surface area contributed by atoms with Gasteiger partial charge in [0.15, 0.2) is 0 Å². The molecule has 0 fully saturated rings. The number of nitrogens with zero attached hydrogens (tertiary/aromatic N) is 2. The maximum absolute atomic E-state index is 12.4. The average Bonchev–Trinajstić information content (AvgIpc) is 2.67. The molecule has 0 aliphatic rings. The Kier molecular flexibility index (Phi) is 5.73. The number of anilines is 3. The van der Waals surface area contributed by atoms with Crippen molar-refractivity contribution in [2.75, 3.05) is 10.6 Å². The van der Waals surface area contributed by atoms with Crippen LogP contribution in [0.5, 0.6) is 0 Å². The van der Waals surface area contributed by atoms with Crippen LogP contribution in [-0.2, 0) is 11.3 Å². The van der Waals surface area contributed by atoms with Crippen LogP contribution >= 0.6 is 0 Å². The Hall–Kier alpha value is -3.74. The van der Waals surface area contributed by atoms with E-state index in [4.69, 9.17) is 0 Å². The average molecular weight is 361 g/mol. The number of hydrogen-bond donors (Lipinski definition) is 3. The first-order valence-corrected chi connectivity index (χ1v) is 8.38. The number of nitrogens with one attached hydrogen (secondary N) is 3. The first-order valence-electron chi connectivity index (χ1n) is 8.38. The van der Waals surface area contributed by atoms with Gasteiger partial charge >= 0.3 is 0 Å². The lowest BCUT2D eigenvalue weighted by molar-refractivity contribution is -0.114. The van der Waals surface area contributed by atoms with E-state index in [0.29, 0.717) is 23.6 Å². The van der Waals surface area contributed by atoms with Gasteiger partial charge < -0.3 is 16.0 Å². The van der Waals surface area contributed by atoms with Crippen LogP contribution in [0.15, 0.2) is 67.1 Å². The van der Waals surface area contributed by atoms with Crippen molar-refractivity contribution in [1.29, 1.82) is 0 Å². The fraction of sp³-hybridized carbons (Fsp3) is 0.100. The lowest BCUT2D eigenvalue weighted by atomic mass is 10.2. The molecule has 0 bridgehead atoms. The molecule has 136 valence electrons. The predicted molar refractivity (Wildman–Crippen MR) is 104 cm³/mol. The van der Waals surface area contributed by atoms with Crippen LogP contribution < -0.4 is 16.0 Å². The molecule has 0 radical (unpaired) electrons. The Bertz CT molecular complexity index is 944. The van der Waals surface area contributed by atoms with Crippen molar-refractivity contribution in [2.45, 2.75) is 13.5 Å². The number of rotatable bonds is 6. The summed E-state index contributed by atoms with van der Waals surface area (Å²) in [6.07, 6.45) is 4.97. The zero-order valence-electron chi connectivity index (χ0n) is 14.8. The van der Waals surface area contributed by atoms with Gasteiger partial charge in [-0.15, -0.1) is 0 Å². The van der Waals surface area contributed by atoms with E-state index in [1.54, 1.807) is 42.9 Å². The normalized spacial score (nSPS) is 10.1. The number of hydrogen-bond acceptors (Lipinski definition) is 5. The maximum Gasteiger partial charge on any atom is 0.251 e. The quantitative estimate of drug-likeness (QED) is 0.627. The molecule has 2 heterocycles. The van der Waals surface area contributed by atoms with Gasteiger partial charge in [-0.3, -0.25) is 14.6 Å². The standard InChI is InChI=1S/C20H19N5O2/c1-14(26)24-17-5-2-6-18(11-17)25-19-10-16(7-9-22-19)20(27)23-13-15-4-3-8-21-12-15/h2-12H,13H2,1H3,(H,22,25)(H,23,27)(H,24,26). The Morgan fingerprint density at radius 3 is 2.63 bits per heavy atom. The highest BCUT2D eigenvalue weighted by atomic mass is 16.2. The highest BCUT2D eigenvalue weighted by molar-refractivity contribution is 5.95. The fourth-order valence-corrected chi connectivity index (χ4v) is 2.45. The molecule has 0 saturated carbocycles. The molecule has 0 saturated heterocycles. The topological polar surface area (TPSA) is 96.0 Å². The van der Waals surface area contributed by atoms with Crippen LogP contribution in [0, 0.1) is 0 Å². The number of benzene rings is 1. The molecule has 1 aromatic carbocycles. The maximum atomic E-state index is 12.4. The third kappa shape index (κ3) is 5.37. The van der Waals surface area contributed by atoms with Gasteiger partial charge in [-0.1, -0.05) is 12.1 Å². The van der Waals surface area contributed by atoms with Crippen molar-refractivity contribution < 1.29 is 9.59 Å². The Morgan fingerprint density at radius 1 is 1.00 bits per heavy atom. The molecule has 2 amide bonds. The van der Waals surface area contributed by atoms with E-state index in [2.05, 4.69) is 25.9 Å². The summed E-state index contributed by atoms with van der Waals surface area (Å²) in [5, 5.41) is 8.71. The summed E-state index contributed by atoms with van der Waals surface area (Å²) >= 11 is 0. The number of aromatic nitrogens is 2. The molecular weight excluding hydrogens is 342 g/mol. The zero-order valence-corrected chi connectivity index (χ0v) is 14.8. The third-order valence-corrected chi connectivity index (χ3v) is 3.65. The zero-order chi connectivity index (χ0) is 19.1. The highest BCUT2D eigenvalue weighted by Gasteiger charge is 2.07. The Labute approximate surface area is 156 Å². The van der Waals surface area contributed by atoms with Crippen LogP contribution in [0.2, 0.25) is 0 Å². The monoisotopic (exact) mass is 361 g/mol. The molecule has 3 aromatic rings. The van der Waals surface area contributed by atoms with Crippen LogP contribution in [0.1, 0.15) is 22.8 Å². The van der Waals surface area contributed by atoms with Gasteiger partial charge in [0.1, 0.15) is 5.82 Å². The molecule has 3 N–H and O–H groups in total. The van der Waals surface area contributed by atoms with Gasteiger partial charge in [-0.2, -0.15) is 0 Å². The van der Waals surface area contributed by atoms with Crippen molar-refractivity contribution in [3.05, 3.63) is 78.2 Å². The summed E-state index contributed by atoms with van der Waals surface area (Å²) in [6.45, 7) is 1.85. The molecule has 3 rings (SSSR count). The molecule has 0 unspecified atom stereocenters. The molecule has 27 heavy (non-hydrogen) atoms. The largest absolute Gasteiger partial charge is 0.348 e. The Morgan fingerprint density at radius 2 is 1.85 bits per heavy atom. The summed E-state index contributed by atoms with van der Waals surface area (Å²) < 4.78 is 0. The van der Waals surface area contributed by atoms with E-state index in [1.165, 1.54) is 6.92 Å². The van der Waals surface area contributed by atoms with Crippen LogP contribution in [0.25, 0.3) is 0 Å². The van der Waals surface area contributed by atoms with Crippen LogP contribution in [-0.4, -0.2) is 21.8 Å². The summed E-state index contributed by atoms with van der Waals surface area (Å²) in [4.78, 5) is 31.8. The van der Waals surface area contributed by atoms with Crippen molar-refractivity contribution in [2.24, 2.45) is 0 Å². The summed E-state index contributed by atoms with van der Waals surface area (Å²) in [7, 11) is 0. The SMILES string of the molecule is CC(=O)Nc1cccc(Nc2cc(C(=O)NCc3cccnc3)ccn2)c1. The number of carbonyl (C=O) groups excluding carboxylic acids is 2. The van der Waals surface area contributed by atoms with Crippen molar-refractivity contribution in [3.8, 4) is 0 Å². The second-order valence-corrected chi connectivity index (χ2v) is 5.86. The molecule has 7 heteroatoms. The minimum absolute atomic E-state index is 0.141. The Balaban J connectivity index is 1.66. The molecule has 0 atom stereocenters. The van der Waals surface area contributed by atoms with Gasteiger partial charge in [-0.05, 0) is 42.0 Å². The van der Waals surface area contributed by atoms with E-state index in [-0.39, 0.29) is 11.8 Å². The van der Waals surface area contributed by atoms with Gasteiger partial charge in [0.25, 0.3) is 5.91 Å². The first kappa shape index (κ1) is 18.1. The van der Waals surface area contributed by atoms with Gasteiger partial charge in [0, 0.05) is 49.0 Å². The summed E-state index contributed by atoms with van der Waals surface area (Å²) in [5.41, 5.74) is 2.85. The van der Waals surface area contributed by atoms with Gasteiger partial charge in [0.2, 0.25) is 5.91 Å². The summed E-state index contributed by atoms with van der Waals surface area (Å²) in [5.74, 6) is 0.192. The van der Waals surface area contributed by atoms with Crippen molar-refractivity contribution in [3.63, 3.8) is 0 Å². The number of pyridine rings is 2. The van der Waals surface area contributed by atoms with E-state index >= 15 is 0 Å².